The number of hydrogen-bond donors (Lipinski definition) is 1. The standard InChI is InChI=1S/C10H10BrClF3N/c11-8-6-7(12)2-3-9(8)16-5-1-4-10(13,14)15/h2-3,6,16H,1,4-5H2. The molecule has 0 unspecified atom stereocenters. The third kappa shape index (κ3) is 5.07. The Kier molecular flexibility index (Phi) is 4.92. The maximum Gasteiger partial charge on any atom is 0.389 e. The molecule has 6 heteroatoms. The van der Waals surface area contributed by atoms with E-state index in [1.807, 2.05) is 0 Å². The van der Waals surface area contributed by atoms with E-state index >= 15 is 0 Å². The Balaban J connectivity index is 2.38. The topological polar surface area (TPSA) is 12.0 Å². The molecule has 90 valence electrons. The SMILES string of the molecule is FC(F)(F)CCCNc1ccc(Cl)cc1Br. The van der Waals surface area contributed by atoms with Gasteiger partial charge in [0.05, 0.1) is 0 Å². The van der Waals surface area contributed by atoms with E-state index in [0.29, 0.717) is 5.02 Å². The van der Waals surface area contributed by atoms with Gasteiger partial charge in [0.2, 0.25) is 0 Å². The molecule has 1 aromatic rings. The zero-order valence-electron chi connectivity index (χ0n) is 8.24. The molecule has 0 aromatic heterocycles. The maximum atomic E-state index is 11.9. The van der Waals surface area contributed by atoms with Crippen LogP contribution in [0.1, 0.15) is 12.8 Å². The van der Waals surface area contributed by atoms with Crippen LogP contribution in [-0.2, 0) is 0 Å². The molecule has 1 rings (SSSR count). The number of nitrogens with one attached hydrogen (secondary N) is 1. The number of anilines is 1. The van der Waals surface area contributed by atoms with Gasteiger partial charge in [0.1, 0.15) is 0 Å². The summed E-state index contributed by atoms with van der Waals surface area (Å²) < 4.78 is 36.3. The first-order valence-corrected chi connectivity index (χ1v) is 5.81. The van der Waals surface area contributed by atoms with Crippen molar-refractivity contribution >= 4 is 33.2 Å². The average Bonchev–Trinajstić information content (AvgIpc) is 2.13. The van der Waals surface area contributed by atoms with E-state index in [2.05, 4.69) is 21.2 Å². The Morgan fingerprint density at radius 3 is 2.56 bits per heavy atom. The van der Waals surface area contributed by atoms with Crippen molar-refractivity contribution in [3.8, 4) is 0 Å². The smallest absolute Gasteiger partial charge is 0.384 e. The number of benzene rings is 1. The van der Waals surface area contributed by atoms with Crippen LogP contribution in [0.2, 0.25) is 5.02 Å². The van der Waals surface area contributed by atoms with Crippen molar-refractivity contribution in [1.29, 1.82) is 0 Å². The second-order valence-electron chi connectivity index (χ2n) is 3.27. The highest BCUT2D eigenvalue weighted by atomic mass is 79.9. The second-order valence-corrected chi connectivity index (χ2v) is 4.56. The molecule has 1 aromatic carbocycles. The van der Waals surface area contributed by atoms with Crippen molar-refractivity contribution in [2.75, 3.05) is 11.9 Å². The summed E-state index contributed by atoms with van der Waals surface area (Å²) in [6.45, 7) is 0.278. The lowest BCUT2D eigenvalue weighted by molar-refractivity contribution is -0.134. The molecule has 0 fully saturated rings. The van der Waals surface area contributed by atoms with Crippen LogP contribution in [0.3, 0.4) is 0 Å². The van der Waals surface area contributed by atoms with E-state index in [1.165, 1.54) is 0 Å². The molecule has 0 spiro atoms. The third-order valence-electron chi connectivity index (χ3n) is 1.88. The van der Waals surface area contributed by atoms with Gasteiger partial charge in [0.15, 0.2) is 0 Å². The van der Waals surface area contributed by atoms with Crippen LogP contribution < -0.4 is 5.32 Å². The van der Waals surface area contributed by atoms with Crippen molar-refractivity contribution < 1.29 is 13.2 Å². The van der Waals surface area contributed by atoms with E-state index in [0.717, 1.165) is 10.2 Å². The maximum absolute atomic E-state index is 11.9. The molecule has 1 N–H and O–H groups in total. The molecular formula is C10H10BrClF3N. The van der Waals surface area contributed by atoms with Gasteiger partial charge in [0, 0.05) is 28.1 Å². The molecule has 0 bridgehead atoms. The van der Waals surface area contributed by atoms with Crippen LogP contribution in [0.15, 0.2) is 22.7 Å². The normalized spacial score (nSPS) is 11.6. The predicted molar refractivity (Wildman–Crippen MR) is 62.9 cm³/mol. The van der Waals surface area contributed by atoms with E-state index in [1.54, 1.807) is 18.2 Å². The van der Waals surface area contributed by atoms with Crippen LogP contribution in [0, 0.1) is 0 Å². The van der Waals surface area contributed by atoms with Crippen LogP contribution >= 0.6 is 27.5 Å². The molecule has 0 aliphatic carbocycles. The van der Waals surface area contributed by atoms with Crippen molar-refractivity contribution in [1.82, 2.24) is 0 Å². The fourth-order valence-corrected chi connectivity index (χ4v) is 1.97. The van der Waals surface area contributed by atoms with Gasteiger partial charge in [-0.3, -0.25) is 0 Å². The van der Waals surface area contributed by atoms with Gasteiger partial charge >= 0.3 is 6.18 Å². The first-order valence-electron chi connectivity index (χ1n) is 4.64. The lowest BCUT2D eigenvalue weighted by atomic mass is 10.2. The summed E-state index contributed by atoms with van der Waals surface area (Å²) in [4.78, 5) is 0. The van der Waals surface area contributed by atoms with Gasteiger partial charge < -0.3 is 5.32 Å². The number of halogens is 5. The van der Waals surface area contributed by atoms with Gasteiger partial charge in [-0.1, -0.05) is 11.6 Å². The van der Waals surface area contributed by atoms with E-state index < -0.39 is 12.6 Å². The fraction of sp³-hybridized carbons (Fsp3) is 0.400. The highest BCUT2D eigenvalue weighted by Gasteiger charge is 2.25. The summed E-state index contributed by atoms with van der Waals surface area (Å²) in [6, 6.07) is 5.09. The number of alkyl halides is 3. The highest BCUT2D eigenvalue weighted by Crippen LogP contribution is 2.26. The van der Waals surface area contributed by atoms with Crippen LogP contribution in [0.4, 0.5) is 18.9 Å². The summed E-state index contributed by atoms with van der Waals surface area (Å²) in [5.41, 5.74) is 0.742. The Morgan fingerprint density at radius 1 is 1.31 bits per heavy atom. The van der Waals surface area contributed by atoms with Gasteiger partial charge in [-0.2, -0.15) is 13.2 Å². The number of rotatable bonds is 4. The molecular weight excluding hydrogens is 306 g/mol. The Labute approximate surface area is 105 Å². The minimum atomic E-state index is -4.08. The lowest BCUT2D eigenvalue weighted by Gasteiger charge is -2.10. The molecule has 0 heterocycles. The zero-order chi connectivity index (χ0) is 12.2. The molecule has 0 aliphatic heterocycles. The predicted octanol–water partition coefficient (Wildman–Crippen LogP) is 4.86. The van der Waals surface area contributed by atoms with Crippen molar-refractivity contribution in [2.45, 2.75) is 19.0 Å². The van der Waals surface area contributed by atoms with Gasteiger partial charge in [0.25, 0.3) is 0 Å². The van der Waals surface area contributed by atoms with Gasteiger partial charge in [-0.15, -0.1) is 0 Å². The van der Waals surface area contributed by atoms with Crippen LogP contribution in [-0.4, -0.2) is 12.7 Å². The largest absolute Gasteiger partial charge is 0.389 e. The fourth-order valence-electron chi connectivity index (χ4n) is 1.14. The van der Waals surface area contributed by atoms with E-state index in [-0.39, 0.29) is 13.0 Å². The van der Waals surface area contributed by atoms with Crippen LogP contribution in [0.25, 0.3) is 0 Å². The molecule has 0 saturated heterocycles. The van der Waals surface area contributed by atoms with Gasteiger partial charge in [-0.25, -0.2) is 0 Å². The monoisotopic (exact) mass is 315 g/mol. The Hall–Kier alpha value is -0.420. The Morgan fingerprint density at radius 2 is 2.00 bits per heavy atom. The van der Waals surface area contributed by atoms with Crippen molar-refractivity contribution in [2.24, 2.45) is 0 Å². The molecule has 0 aliphatic rings. The quantitative estimate of drug-likeness (QED) is 0.782. The first kappa shape index (κ1) is 13.6. The summed E-state index contributed by atoms with van der Waals surface area (Å²) in [6.07, 6.45) is -4.80. The van der Waals surface area contributed by atoms with Crippen molar-refractivity contribution in [3.05, 3.63) is 27.7 Å². The van der Waals surface area contributed by atoms with Crippen molar-refractivity contribution in [3.63, 3.8) is 0 Å². The minimum Gasteiger partial charge on any atom is -0.384 e. The molecule has 0 radical (unpaired) electrons. The molecule has 1 nitrogen and oxygen atoms in total. The van der Waals surface area contributed by atoms with E-state index in [4.69, 9.17) is 11.6 Å². The number of hydrogen-bond acceptors (Lipinski definition) is 1. The molecule has 0 saturated carbocycles. The lowest BCUT2D eigenvalue weighted by Crippen LogP contribution is -2.11. The van der Waals surface area contributed by atoms with E-state index in [9.17, 15) is 13.2 Å². The summed E-state index contributed by atoms with van der Waals surface area (Å²) in [7, 11) is 0. The summed E-state index contributed by atoms with van der Waals surface area (Å²) >= 11 is 9.00. The molecule has 0 amide bonds. The highest BCUT2D eigenvalue weighted by molar-refractivity contribution is 9.10. The Bertz CT molecular complexity index is 354. The first-order chi connectivity index (χ1) is 7.38. The summed E-state index contributed by atoms with van der Waals surface area (Å²) in [5, 5.41) is 3.48. The minimum absolute atomic E-state index is 0.0541. The third-order valence-corrected chi connectivity index (χ3v) is 2.77. The zero-order valence-corrected chi connectivity index (χ0v) is 10.6. The summed E-state index contributed by atoms with van der Waals surface area (Å²) in [5.74, 6) is 0. The molecule has 16 heavy (non-hydrogen) atoms. The van der Waals surface area contributed by atoms with Crippen LogP contribution in [0.5, 0.6) is 0 Å². The molecule has 0 atom stereocenters. The average molecular weight is 317 g/mol. The second kappa shape index (κ2) is 5.77. The van der Waals surface area contributed by atoms with Gasteiger partial charge in [-0.05, 0) is 40.5 Å².